The summed E-state index contributed by atoms with van der Waals surface area (Å²) in [5, 5.41) is 0. The molecule has 0 aromatic heterocycles. The maximum absolute atomic E-state index is 11.6. The van der Waals surface area contributed by atoms with E-state index >= 15 is 0 Å². The van der Waals surface area contributed by atoms with Crippen molar-refractivity contribution < 1.29 is 4.79 Å². The molecule has 92 valence electrons. The Morgan fingerprint density at radius 3 is 1.50 bits per heavy atom. The monoisotopic (exact) mass is 222 g/mol. The molecule has 0 bridgehead atoms. The molecule has 0 N–H and O–H groups in total. The van der Waals surface area contributed by atoms with Crippen molar-refractivity contribution in [2.75, 3.05) is 0 Å². The first kappa shape index (κ1) is 12.1. The molecule has 0 heterocycles. The Morgan fingerprint density at radius 2 is 1.19 bits per heavy atom. The zero-order chi connectivity index (χ0) is 11.4. The minimum Gasteiger partial charge on any atom is -0.303 e. The molecule has 0 aliphatic heterocycles. The van der Waals surface area contributed by atoms with E-state index in [-0.39, 0.29) is 5.41 Å². The van der Waals surface area contributed by atoms with Crippen LogP contribution in [0, 0.1) is 17.3 Å². The fourth-order valence-corrected chi connectivity index (χ4v) is 3.97. The van der Waals surface area contributed by atoms with E-state index in [2.05, 4.69) is 6.92 Å². The zero-order valence-corrected chi connectivity index (χ0v) is 10.7. The van der Waals surface area contributed by atoms with Crippen molar-refractivity contribution >= 4 is 6.29 Å². The second-order valence-corrected chi connectivity index (χ2v) is 6.15. The second kappa shape index (κ2) is 5.33. The Morgan fingerprint density at radius 1 is 0.812 bits per heavy atom. The molecular weight excluding hydrogens is 196 g/mol. The average Bonchev–Trinajstić information content (AvgIpc) is 2.40. The molecular formula is C15H26O. The standard InChI is InChI=1S/C15H26O/c1-15(12-16,13-8-4-2-5-9-13)14-10-6-3-7-11-14/h12-14H,2-11H2,1H3. The molecule has 2 fully saturated rings. The molecule has 0 amide bonds. The predicted octanol–water partition coefficient (Wildman–Crippen LogP) is 4.35. The highest BCUT2D eigenvalue weighted by molar-refractivity contribution is 5.60. The van der Waals surface area contributed by atoms with Crippen LogP contribution in [-0.2, 0) is 4.79 Å². The Kier molecular flexibility index (Phi) is 4.05. The number of aldehydes is 1. The smallest absolute Gasteiger partial charge is 0.126 e. The maximum Gasteiger partial charge on any atom is 0.126 e. The van der Waals surface area contributed by atoms with Gasteiger partial charge in [0.15, 0.2) is 0 Å². The lowest BCUT2D eigenvalue weighted by Gasteiger charge is -2.43. The van der Waals surface area contributed by atoms with Crippen LogP contribution in [0.2, 0.25) is 0 Å². The van der Waals surface area contributed by atoms with Crippen LogP contribution < -0.4 is 0 Å². The summed E-state index contributed by atoms with van der Waals surface area (Å²) < 4.78 is 0. The lowest BCUT2D eigenvalue weighted by atomic mass is 9.60. The summed E-state index contributed by atoms with van der Waals surface area (Å²) in [7, 11) is 0. The minimum absolute atomic E-state index is 0.000833. The van der Waals surface area contributed by atoms with Gasteiger partial charge in [0.05, 0.1) is 0 Å². The van der Waals surface area contributed by atoms with Crippen molar-refractivity contribution in [2.24, 2.45) is 17.3 Å². The number of hydrogen-bond donors (Lipinski definition) is 0. The summed E-state index contributed by atoms with van der Waals surface area (Å²) in [4.78, 5) is 11.6. The molecule has 0 atom stereocenters. The third-order valence-electron chi connectivity index (χ3n) is 5.22. The summed E-state index contributed by atoms with van der Waals surface area (Å²) in [5.74, 6) is 1.36. The molecule has 1 nitrogen and oxygen atoms in total. The van der Waals surface area contributed by atoms with Crippen LogP contribution in [0.25, 0.3) is 0 Å². The van der Waals surface area contributed by atoms with Gasteiger partial charge in [0.2, 0.25) is 0 Å². The van der Waals surface area contributed by atoms with Crippen molar-refractivity contribution in [1.29, 1.82) is 0 Å². The summed E-state index contributed by atoms with van der Waals surface area (Å²) in [6.07, 6.45) is 14.7. The molecule has 0 saturated heterocycles. The average molecular weight is 222 g/mol. The molecule has 0 spiro atoms. The fraction of sp³-hybridized carbons (Fsp3) is 0.933. The quantitative estimate of drug-likeness (QED) is 0.649. The van der Waals surface area contributed by atoms with Crippen LogP contribution >= 0.6 is 0 Å². The van der Waals surface area contributed by atoms with Crippen molar-refractivity contribution in [3.05, 3.63) is 0 Å². The van der Waals surface area contributed by atoms with E-state index in [0.29, 0.717) is 11.8 Å². The van der Waals surface area contributed by atoms with Gasteiger partial charge in [-0.3, -0.25) is 0 Å². The normalized spacial score (nSPS) is 25.6. The van der Waals surface area contributed by atoms with E-state index in [1.165, 1.54) is 70.5 Å². The number of carbonyl (C=O) groups excluding carboxylic acids is 1. The maximum atomic E-state index is 11.6. The van der Waals surface area contributed by atoms with Crippen molar-refractivity contribution in [1.82, 2.24) is 0 Å². The van der Waals surface area contributed by atoms with Crippen LogP contribution in [0.15, 0.2) is 0 Å². The molecule has 2 saturated carbocycles. The van der Waals surface area contributed by atoms with Gasteiger partial charge in [-0.1, -0.05) is 45.4 Å². The van der Waals surface area contributed by atoms with Crippen molar-refractivity contribution in [3.63, 3.8) is 0 Å². The van der Waals surface area contributed by atoms with Gasteiger partial charge in [-0.15, -0.1) is 0 Å². The first-order chi connectivity index (χ1) is 7.77. The molecule has 0 unspecified atom stereocenters. The van der Waals surface area contributed by atoms with E-state index in [4.69, 9.17) is 0 Å². The van der Waals surface area contributed by atoms with E-state index < -0.39 is 0 Å². The van der Waals surface area contributed by atoms with Crippen molar-refractivity contribution in [3.8, 4) is 0 Å². The molecule has 2 aliphatic carbocycles. The van der Waals surface area contributed by atoms with Gasteiger partial charge in [-0.2, -0.15) is 0 Å². The van der Waals surface area contributed by atoms with E-state index in [9.17, 15) is 4.79 Å². The molecule has 2 aliphatic rings. The Balaban J connectivity index is 2.06. The lowest BCUT2D eigenvalue weighted by Crippen LogP contribution is -2.39. The Hall–Kier alpha value is -0.330. The third kappa shape index (κ3) is 2.33. The van der Waals surface area contributed by atoms with Crippen LogP contribution in [0.1, 0.15) is 71.1 Å². The third-order valence-corrected chi connectivity index (χ3v) is 5.22. The van der Waals surface area contributed by atoms with Gasteiger partial charge in [0.25, 0.3) is 0 Å². The topological polar surface area (TPSA) is 17.1 Å². The highest BCUT2D eigenvalue weighted by atomic mass is 16.1. The van der Waals surface area contributed by atoms with Gasteiger partial charge in [0, 0.05) is 5.41 Å². The van der Waals surface area contributed by atoms with Gasteiger partial charge in [0.1, 0.15) is 6.29 Å². The molecule has 0 aromatic rings. The molecule has 0 radical (unpaired) electrons. The van der Waals surface area contributed by atoms with E-state index in [1.54, 1.807) is 0 Å². The Bertz CT molecular complexity index is 204. The number of carbonyl (C=O) groups is 1. The van der Waals surface area contributed by atoms with E-state index in [1.807, 2.05) is 0 Å². The van der Waals surface area contributed by atoms with Crippen molar-refractivity contribution in [2.45, 2.75) is 71.1 Å². The van der Waals surface area contributed by atoms with E-state index in [0.717, 1.165) is 0 Å². The first-order valence-corrected chi connectivity index (χ1v) is 7.23. The lowest BCUT2D eigenvalue weighted by molar-refractivity contribution is -0.123. The molecule has 0 aromatic carbocycles. The van der Waals surface area contributed by atoms with Gasteiger partial charge < -0.3 is 4.79 Å². The molecule has 2 rings (SSSR count). The highest BCUT2D eigenvalue weighted by Crippen LogP contribution is 2.47. The summed E-state index contributed by atoms with van der Waals surface area (Å²) in [6.45, 7) is 2.26. The van der Waals surface area contributed by atoms with Crippen LogP contribution in [0.4, 0.5) is 0 Å². The number of rotatable bonds is 3. The van der Waals surface area contributed by atoms with Crippen LogP contribution in [-0.4, -0.2) is 6.29 Å². The minimum atomic E-state index is 0.000833. The van der Waals surface area contributed by atoms with Crippen LogP contribution in [0.3, 0.4) is 0 Å². The number of hydrogen-bond acceptors (Lipinski definition) is 1. The summed E-state index contributed by atoms with van der Waals surface area (Å²) >= 11 is 0. The predicted molar refractivity (Wildman–Crippen MR) is 67.3 cm³/mol. The largest absolute Gasteiger partial charge is 0.303 e. The summed E-state index contributed by atoms with van der Waals surface area (Å²) in [5.41, 5.74) is 0.000833. The molecule has 16 heavy (non-hydrogen) atoms. The fourth-order valence-electron chi connectivity index (χ4n) is 3.97. The second-order valence-electron chi connectivity index (χ2n) is 6.15. The Labute approximate surface area is 100.0 Å². The SMILES string of the molecule is CC(C=O)(C1CCCCC1)C1CCCCC1. The van der Waals surface area contributed by atoms with Gasteiger partial charge >= 0.3 is 0 Å². The van der Waals surface area contributed by atoms with Gasteiger partial charge in [-0.25, -0.2) is 0 Å². The van der Waals surface area contributed by atoms with Gasteiger partial charge in [-0.05, 0) is 37.5 Å². The molecule has 1 heteroatoms. The zero-order valence-electron chi connectivity index (χ0n) is 10.7. The first-order valence-electron chi connectivity index (χ1n) is 7.23. The highest BCUT2D eigenvalue weighted by Gasteiger charge is 2.41. The van der Waals surface area contributed by atoms with Crippen LogP contribution in [0.5, 0.6) is 0 Å². The summed E-state index contributed by atoms with van der Waals surface area (Å²) in [6, 6.07) is 0.